The molecule has 0 unspecified atom stereocenters. The fourth-order valence-corrected chi connectivity index (χ4v) is 1.48. The van der Waals surface area contributed by atoms with Crippen molar-refractivity contribution in [2.75, 3.05) is 0 Å². The topological polar surface area (TPSA) is 30.0 Å². The van der Waals surface area contributed by atoms with E-state index in [0.29, 0.717) is 10.6 Å². The monoisotopic (exact) mass is 235 g/mol. The molecule has 0 saturated carbocycles. The number of benzene rings is 1. The molecular formula is C12H7ClFNO. The maximum absolute atomic E-state index is 12.6. The van der Waals surface area contributed by atoms with E-state index >= 15 is 0 Å². The summed E-state index contributed by atoms with van der Waals surface area (Å²) in [6, 6.07) is 9.09. The summed E-state index contributed by atoms with van der Waals surface area (Å²) in [4.78, 5) is 15.6. The summed E-state index contributed by atoms with van der Waals surface area (Å²) >= 11 is 5.77. The number of halogens is 2. The number of hydrogen-bond acceptors (Lipinski definition) is 2. The van der Waals surface area contributed by atoms with Crippen molar-refractivity contribution in [1.82, 2.24) is 4.98 Å². The van der Waals surface area contributed by atoms with Gasteiger partial charge in [-0.2, -0.15) is 0 Å². The number of nitrogens with zero attached hydrogens (tertiary/aromatic N) is 1. The molecule has 0 N–H and O–H groups in total. The lowest BCUT2D eigenvalue weighted by Crippen LogP contribution is -2.03. The number of rotatable bonds is 2. The van der Waals surface area contributed by atoms with E-state index in [1.807, 2.05) is 0 Å². The van der Waals surface area contributed by atoms with Crippen LogP contribution in [0.2, 0.25) is 5.02 Å². The first-order chi connectivity index (χ1) is 7.66. The van der Waals surface area contributed by atoms with Gasteiger partial charge in [0.1, 0.15) is 11.5 Å². The van der Waals surface area contributed by atoms with Crippen LogP contribution < -0.4 is 0 Å². The fraction of sp³-hybridized carbons (Fsp3) is 0. The highest BCUT2D eigenvalue weighted by molar-refractivity contribution is 6.31. The zero-order chi connectivity index (χ0) is 11.5. The van der Waals surface area contributed by atoms with E-state index in [-0.39, 0.29) is 11.5 Å². The lowest BCUT2D eigenvalue weighted by Gasteiger charge is -2.00. The van der Waals surface area contributed by atoms with Crippen molar-refractivity contribution in [3.8, 4) is 0 Å². The van der Waals surface area contributed by atoms with Crippen molar-refractivity contribution >= 4 is 17.4 Å². The zero-order valence-electron chi connectivity index (χ0n) is 8.15. The number of pyridine rings is 1. The molecule has 0 aliphatic carbocycles. The second-order valence-electron chi connectivity index (χ2n) is 3.20. The number of carbonyl (C=O) groups excluding carboxylic acids is 1. The van der Waals surface area contributed by atoms with E-state index in [4.69, 9.17) is 11.6 Å². The molecule has 0 bridgehead atoms. The third kappa shape index (κ3) is 2.25. The Kier molecular flexibility index (Phi) is 2.97. The van der Waals surface area contributed by atoms with Gasteiger partial charge < -0.3 is 0 Å². The largest absolute Gasteiger partial charge is 0.287 e. The van der Waals surface area contributed by atoms with Crippen LogP contribution >= 0.6 is 11.6 Å². The van der Waals surface area contributed by atoms with Gasteiger partial charge in [0.15, 0.2) is 0 Å². The molecule has 1 aromatic heterocycles. The standard InChI is InChI=1S/C12H7ClFNO/c13-9-3-1-2-8(6-9)12(16)11-5-4-10(14)7-15-11/h1-7H. The number of carbonyl (C=O) groups is 1. The van der Waals surface area contributed by atoms with Gasteiger partial charge in [-0.25, -0.2) is 9.37 Å². The average Bonchev–Trinajstić information content (AvgIpc) is 2.29. The van der Waals surface area contributed by atoms with Crippen LogP contribution in [0.5, 0.6) is 0 Å². The van der Waals surface area contributed by atoms with Gasteiger partial charge in [0.05, 0.1) is 6.20 Å². The van der Waals surface area contributed by atoms with Crippen LogP contribution in [0.25, 0.3) is 0 Å². The Hall–Kier alpha value is -1.74. The van der Waals surface area contributed by atoms with Crippen LogP contribution in [0, 0.1) is 5.82 Å². The Morgan fingerprint density at radius 1 is 1.25 bits per heavy atom. The van der Waals surface area contributed by atoms with Crippen molar-refractivity contribution in [3.05, 3.63) is 64.7 Å². The van der Waals surface area contributed by atoms with E-state index < -0.39 is 5.82 Å². The molecule has 1 aromatic carbocycles. The molecule has 0 aliphatic heterocycles. The van der Waals surface area contributed by atoms with Gasteiger partial charge in [0.25, 0.3) is 0 Å². The minimum absolute atomic E-state index is 0.198. The van der Waals surface area contributed by atoms with Crippen LogP contribution in [-0.2, 0) is 0 Å². The first-order valence-corrected chi connectivity index (χ1v) is 4.96. The molecule has 1 heterocycles. The molecule has 0 saturated heterocycles. The molecule has 0 atom stereocenters. The Labute approximate surface area is 96.7 Å². The molecule has 2 aromatic rings. The predicted molar refractivity (Wildman–Crippen MR) is 59.1 cm³/mol. The molecule has 0 spiro atoms. The van der Waals surface area contributed by atoms with Crippen LogP contribution in [-0.4, -0.2) is 10.8 Å². The third-order valence-electron chi connectivity index (χ3n) is 2.05. The molecule has 2 rings (SSSR count). The summed E-state index contributed by atoms with van der Waals surface area (Å²) in [6.45, 7) is 0. The summed E-state index contributed by atoms with van der Waals surface area (Å²) in [7, 11) is 0. The molecule has 4 heteroatoms. The molecular weight excluding hydrogens is 229 g/mol. The molecule has 2 nitrogen and oxygen atoms in total. The van der Waals surface area contributed by atoms with Gasteiger partial charge in [-0.05, 0) is 24.3 Å². The smallest absolute Gasteiger partial charge is 0.211 e. The highest BCUT2D eigenvalue weighted by Gasteiger charge is 2.10. The summed E-state index contributed by atoms with van der Waals surface area (Å²) < 4.78 is 12.6. The Bertz CT molecular complexity index is 525. The molecule has 16 heavy (non-hydrogen) atoms. The van der Waals surface area contributed by atoms with Crippen LogP contribution in [0.1, 0.15) is 16.1 Å². The van der Waals surface area contributed by atoms with Crippen LogP contribution in [0.3, 0.4) is 0 Å². The predicted octanol–water partition coefficient (Wildman–Crippen LogP) is 3.11. The van der Waals surface area contributed by atoms with Gasteiger partial charge in [-0.3, -0.25) is 4.79 Å². The lowest BCUT2D eigenvalue weighted by molar-refractivity contribution is 0.103. The summed E-state index contributed by atoms with van der Waals surface area (Å²) in [6.07, 6.45) is 1.01. The van der Waals surface area contributed by atoms with Crippen LogP contribution in [0.4, 0.5) is 4.39 Å². The van der Waals surface area contributed by atoms with Crippen molar-refractivity contribution in [1.29, 1.82) is 0 Å². The van der Waals surface area contributed by atoms with E-state index in [0.717, 1.165) is 6.20 Å². The van der Waals surface area contributed by atoms with Crippen molar-refractivity contribution in [2.24, 2.45) is 0 Å². The van der Waals surface area contributed by atoms with E-state index in [1.165, 1.54) is 12.1 Å². The molecule has 80 valence electrons. The van der Waals surface area contributed by atoms with Gasteiger partial charge in [-0.1, -0.05) is 23.7 Å². The van der Waals surface area contributed by atoms with Gasteiger partial charge in [0, 0.05) is 10.6 Å². The normalized spacial score (nSPS) is 10.1. The number of aromatic nitrogens is 1. The first-order valence-electron chi connectivity index (χ1n) is 4.58. The van der Waals surface area contributed by atoms with E-state index in [9.17, 15) is 9.18 Å². The first kappa shape index (κ1) is 10.8. The SMILES string of the molecule is O=C(c1cccc(Cl)c1)c1ccc(F)cn1. The minimum Gasteiger partial charge on any atom is -0.287 e. The maximum Gasteiger partial charge on any atom is 0.211 e. The average molecular weight is 236 g/mol. The molecule has 0 aliphatic rings. The van der Waals surface area contributed by atoms with Crippen molar-refractivity contribution in [2.45, 2.75) is 0 Å². The second kappa shape index (κ2) is 4.41. The lowest BCUT2D eigenvalue weighted by atomic mass is 10.1. The summed E-state index contributed by atoms with van der Waals surface area (Å²) in [5.41, 5.74) is 0.635. The Morgan fingerprint density at radius 3 is 2.69 bits per heavy atom. The van der Waals surface area contributed by atoms with Gasteiger partial charge in [-0.15, -0.1) is 0 Å². The van der Waals surface area contributed by atoms with Crippen molar-refractivity contribution in [3.63, 3.8) is 0 Å². The Balaban J connectivity index is 2.35. The Morgan fingerprint density at radius 2 is 2.06 bits per heavy atom. The molecule has 0 radical (unpaired) electrons. The molecule has 0 amide bonds. The number of ketones is 1. The second-order valence-corrected chi connectivity index (χ2v) is 3.64. The highest BCUT2D eigenvalue weighted by Crippen LogP contribution is 2.13. The quantitative estimate of drug-likeness (QED) is 0.749. The highest BCUT2D eigenvalue weighted by atomic mass is 35.5. The van der Waals surface area contributed by atoms with Crippen molar-refractivity contribution < 1.29 is 9.18 Å². The fourth-order valence-electron chi connectivity index (χ4n) is 1.29. The van der Waals surface area contributed by atoms with E-state index in [1.54, 1.807) is 24.3 Å². The number of hydrogen-bond donors (Lipinski definition) is 0. The van der Waals surface area contributed by atoms with Gasteiger partial charge in [0.2, 0.25) is 5.78 Å². The molecule has 0 fully saturated rings. The van der Waals surface area contributed by atoms with Crippen LogP contribution in [0.15, 0.2) is 42.6 Å². The summed E-state index contributed by atoms with van der Waals surface area (Å²) in [5, 5.41) is 0.480. The summed E-state index contributed by atoms with van der Waals surface area (Å²) in [5.74, 6) is -0.745. The minimum atomic E-state index is -0.470. The maximum atomic E-state index is 12.6. The van der Waals surface area contributed by atoms with E-state index in [2.05, 4.69) is 4.98 Å². The van der Waals surface area contributed by atoms with Gasteiger partial charge >= 0.3 is 0 Å². The third-order valence-corrected chi connectivity index (χ3v) is 2.28. The zero-order valence-corrected chi connectivity index (χ0v) is 8.91.